The van der Waals surface area contributed by atoms with Gasteiger partial charge in [0.05, 0.1) is 6.61 Å². The number of amides is 1. The third-order valence-corrected chi connectivity index (χ3v) is 3.28. The van der Waals surface area contributed by atoms with E-state index in [0.717, 1.165) is 18.6 Å². The molecule has 0 fully saturated rings. The number of benzene rings is 2. The third-order valence-electron chi connectivity index (χ3n) is 3.28. The van der Waals surface area contributed by atoms with Crippen LogP contribution in [0.4, 0.5) is 4.39 Å². The number of unbranched alkanes of at least 4 members (excludes halogenated alkanes) is 1. The van der Waals surface area contributed by atoms with Crippen molar-refractivity contribution in [1.82, 2.24) is 5.32 Å². The monoisotopic (exact) mass is 301 g/mol. The minimum atomic E-state index is -0.317. The molecule has 2 rings (SSSR count). The number of nitrogens with one attached hydrogen (secondary N) is 1. The Bertz CT molecular complexity index is 611. The van der Waals surface area contributed by atoms with Crippen molar-refractivity contribution in [3.05, 3.63) is 65.5 Å². The minimum Gasteiger partial charge on any atom is -0.494 e. The minimum absolute atomic E-state index is 0.167. The van der Waals surface area contributed by atoms with Gasteiger partial charge in [-0.15, -0.1) is 0 Å². The summed E-state index contributed by atoms with van der Waals surface area (Å²) in [6.45, 7) is 2.95. The first-order valence-corrected chi connectivity index (χ1v) is 7.45. The van der Waals surface area contributed by atoms with Crippen LogP contribution in [-0.2, 0) is 6.54 Å². The zero-order valence-corrected chi connectivity index (χ0v) is 12.6. The Kier molecular flexibility index (Phi) is 5.95. The molecule has 2 aromatic carbocycles. The Morgan fingerprint density at radius 1 is 1.14 bits per heavy atom. The first-order valence-electron chi connectivity index (χ1n) is 7.45. The van der Waals surface area contributed by atoms with Crippen LogP contribution < -0.4 is 10.1 Å². The van der Waals surface area contributed by atoms with Crippen LogP contribution in [0.2, 0.25) is 0 Å². The highest BCUT2D eigenvalue weighted by atomic mass is 19.1. The predicted molar refractivity (Wildman–Crippen MR) is 84.4 cm³/mol. The molecule has 0 saturated heterocycles. The molecular formula is C18H20FNO2. The van der Waals surface area contributed by atoms with Gasteiger partial charge >= 0.3 is 0 Å². The van der Waals surface area contributed by atoms with E-state index in [9.17, 15) is 9.18 Å². The van der Waals surface area contributed by atoms with Gasteiger partial charge < -0.3 is 10.1 Å². The summed E-state index contributed by atoms with van der Waals surface area (Å²) in [6.07, 6.45) is 2.08. The van der Waals surface area contributed by atoms with Gasteiger partial charge in [-0.25, -0.2) is 4.39 Å². The van der Waals surface area contributed by atoms with E-state index >= 15 is 0 Å². The summed E-state index contributed by atoms with van der Waals surface area (Å²) in [5, 5.41) is 2.71. The summed E-state index contributed by atoms with van der Waals surface area (Å²) in [4.78, 5) is 12.0. The number of hydrogen-bond acceptors (Lipinski definition) is 2. The molecule has 1 amide bonds. The molecule has 2 aromatic rings. The fraction of sp³-hybridized carbons (Fsp3) is 0.278. The first kappa shape index (κ1) is 16.0. The lowest BCUT2D eigenvalue weighted by atomic mass is 10.2. The van der Waals surface area contributed by atoms with Crippen molar-refractivity contribution >= 4 is 5.91 Å². The maximum Gasteiger partial charge on any atom is 0.251 e. The van der Waals surface area contributed by atoms with Crippen molar-refractivity contribution in [2.75, 3.05) is 6.61 Å². The number of carbonyl (C=O) groups is 1. The summed E-state index contributed by atoms with van der Waals surface area (Å²) in [7, 11) is 0. The number of halogens is 1. The second-order valence-corrected chi connectivity index (χ2v) is 5.00. The van der Waals surface area contributed by atoms with Crippen LogP contribution in [0, 0.1) is 5.82 Å². The summed E-state index contributed by atoms with van der Waals surface area (Å²) < 4.78 is 19.0. The van der Waals surface area contributed by atoms with Crippen molar-refractivity contribution in [1.29, 1.82) is 0 Å². The van der Waals surface area contributed by atoms with E-state index in [0.29, 0.717) is 17.7 Å². The molecule has 0 saturated carbocycles. The molecule has 0 bridgehead atoms. The maximum atomic E-state index is 13.5. The lowest BCUT2D eigenvalue weighted by Crippen LogP contribution is -2.23. The highest BCUT2D eigenvalue weighted by Gasteiger charge is 2.07. The number of hydrogen-bond donors (Lipinski definition) is 1. The zero-order chi connectivity index (χ0) is 15.8. The van der Waals surface area contributed by atoms with E-state index in [-0.39, 0.29) is 18.3 Å². The smallest absolute Gasteiger partial charge is 0.251 e. The number of rotatable bonds is 7. The highest BCUT2D eigenvalue weighted by Crippen LogP contribution is 2.13. The molecule has 0 aliphatic rings. The van der Waals surface area contributed by atoms with E-state index in [1.54, 1.807) is 42.5 Å². The number of ether oxygens (including phenoxy) is 1. The van der Waals surface area contributed by atoms with Gasteiger partial charge in [-0.1, -0.05) is 31.5 Å². The zero-order valence-electron chi connectivity index (χ0n) is 12.6. The van der Waals surface area contributed by atoms with Gasteiger partial charge in [0, 0.05) is 17.7 Å². The SMILES string of the molecule is CCCCOc1ccc(C(=O)NCc2ccccc2F)cc1. The Morgan fingerprint density at radius 3 is 2.55 bits per heavy atom. The van der Waals surface area contributed by atoms with Gasteiger partial charge in [0.15, 0.2) is 0 Å². The Hall–Kier alpha value is -2.36. The van der Waals surface area contributed by atoms with Crippen molar-refractivity contribution in [3.8, 4) is 5.75 Å². The topological polar surface area (TPSA) is 38.3 Å². The van der Waals surface area contributed by atoms with Crippen molar-refractivity contribution in [2.45, 2.75) is 26.3 Å². The van der Waals surface area contributed by atoms with Gasteiger partial charge in [0.2, 0.25) is 0 Å². The summed E-state index contributed by atoms with van der Waals surface area (Å²) >= 11 is 0. The third kappa shape index (κ3) is 4.58. The van der Waals surface area contributed by atoms with Crippen LogP contribution >= 0.6 is 0 Å². The van der Waals surface area contributed by atoms with E-state index in [4.69, 9.17) is 4.74 Å². The standard InChI is InChI=1S/C18H20FNO2/c1-2-3-12-22-16-10-8-14(9-11-16)18(21)20-13-15-6-4-5-7-17(15)19/h4-11H,2-3,12-13H2,1H3,(H,20,21). The average Bonchev–Trinajstić information content (AvgIpc) is 2.55. The van der Waals surface area contributed by atoms with Crippen LogP contribution in [0.1, 0.15) is 35.7 Å². The fourth-order valence-corrected chi connectivity index (χ4v) is 1.96. The Labute approximate surface area is 130 Å². The predicted octanol–water partition coefficient (Wildman–Crippen LogP) is 3.93. The summed E-state index contributed by atoms with van der Waals surface area (Å²) in [5.74, 6) is 0.199. The van der Waals surface area contributed by atoms with Gasteiger partial charge in [-0.2, -0.15) is 0 Å². The van der Waals surface area contributed by atoms with Crippen LogP contribution in [0.15, 0.2) is 48.5 Å². The van der Waals surface area contributed by atoms with Gasteiger partial charge in [0.1, 0.15) is 11.6 Å². The molecule has 0 heterocycles. The van der Waals surface area contributed by atoms with Crippen molar-refractivity contribution < 1.29 is 13.9 Å². The molecule has 0 unspecified atom stereocenters. The normalized spacial score (nSPS) is 10.3. The Morgan fingerprint density at radius 2 is 1.86 bits per heavy atom. The van der Waals surface area contributed by atoms with Crippen LogP contribution in [0.3, 0.4) is 0 Å². The lowest BCUT2D eigenvalue weighted by Gasteiger charge is -2.08. The molecule has 0 atom stereocenters. The fourth-order valence-electron chi connectivity index (χ4n) is 1.96. The molecule has 22 heavy (non-hydrogen) atoms. The van der Waals surface area contributed by atoms with Crippen molar-refractivity contribution in [3.63, 3.8) is 0 Å². The molecule has 116 valence electrons. The molecule has 0 aliphatic heterocycles. The lowest BCUT2D eigenvalue weighted by molar-refractivity contribution is 0.0950. The van der Waals surface area contributed by atoms with Gasteiger partial charge in [-0.05, 0) is 36.8 Å². The van der Waals surface area contributed by atoms with E-state index in [1.807, 2.05) is 0 Å². The molecule has 0 aliphatic carbocycles. The Balaban J connectivity index is 1.88. The molecule has 4 heteroatoms. The molecule has 1 N–H and O–H groups in total. The molecule has 3 nitrogen and oxygen atoms in total. The van der Waals surface area contributed by atoms with E-state index < -0.39 is 0 Å². The average molecular weight is 301 g/mol. The molecule has 0 radical (unpaired) electrons. The maximum absolute atomic E-state index is 13.5. The molecule has 0 aromatic heterocycles. The largest absolute Gasteiger partial charge is 0.494 e. The second-order valence-electron chi connectivity index (χ2n) is 5.00. The summed E-state index contributed by atoms with van der Waals surface area (Å²) in [5.41, 5.74) is 0.995. The van der Waals surface area contributed by atoms with Crippen LogP contribution in [-0.4, -0.2) is 12.5 Å². The van der Waals surface area contributed by atoms with Crippen LogP contribution in [0.25, 0.3) is 0 Å². The quantitative estimate of drug-likeness (QED) is 0.787. The first-order chi connectivity index (χ1) is 10.7. The van der Waals surface area contributed by atoms with Gasteiger partial charge in [0.25, 0.3) is 5.91 Å². The van der Waals surface area contributed by atoms with Crippen LogP contribution in [0.5, 0.6) is 5.75 Å². The highest BCUT2D eigenvalue weighted by molar-refractivity contribution is 5.94. The second kappa shape index (κ2) is 8.17. The van der Waals surface area contributed by atoms with E-state index in [2.05, 4.69) is 12.2 Å². The van der Waals surface area contributed by atoms with E-state index in [1.165, 1.54) is 6.07 Å². The number of carbonyl (C=O) groups excluding carboxylic acids is 1. The molecular weight excluding hydrogens is 281 g/mol. The summed E-state index contributed by atoms with van der Waals surface area (Å²) in [6, 6.07) is 13.4. The van der Waals surface area contributed by atoms with Gasteiger partial charge in [-0.3, -0.25) is 4.79 Å². The van der Waals surface area contributed by atoms with Crippen molar-refractivity contribution in [2.24, 2.45) is 0 Å². The molecule has 0 spiro atoms.